The normalized spacial score (nSPS) is 12.1. The number of hydrogen-bond acceptors (Lipinski definition) is 10. The predicted molar refractivity (Wildman–Crippen MR) is 304 cm³/mol. The molecule has 0 N–H and O–H groups in total. The maximum Gasteiger partial charge on any atom is 0.123 e. The summed E-state index contributed by atoms with van der Waals surface area (Å²) in [6, 6.07) is 21.9. The van der Waals surface area contributed by atoms with Crippen molar-refractivity contribution in [3.63, 3.8) is 0 Å². The molecule has 10 aliphatic rings. The molecule has 75 heavy (non-hydrogen) atoms. The van der Waals surface area contributed by atoms with Crippen molar-refractivity contribution >= 4 is 0 Å². The fraction of sp³-hybridized carbons (Fsp3) is 0.538. The molecule has 410 valence electrons. The molecular formula is C65H90O10. The Morgan fingerprint density at radius 3 is 0.360 bits per heavy atom. The molecule has 5 aromatic rings. The molecule has 0 amide bonds. The Bertz CT molecular complexity index is 1960. The highest BCUT2D eigenvalue weighted by atomic mass is 16.5. The maximum absolute atomic E-state index is 6.71. The summed E-state index contributed by atoms with van der Waals surface area (Å²) in [6.07, 6.45) is 11.3. The lowest BCUT2D eigenvalue weighted by molar-refractivity contribution is 0.299. The Balaban J connectivity index is 1.72. The molecule has 0 unspecified atom stereocenters. The molecule has 5 aromatic carbocycles. The second-order valence-corrected chi connectivity index (χ2v) is 19.7. The molecule has 15 rings (SSSR count). The molecule has 0 saturated heterocycles. The fourth-order valence-corrected chi connectivity index (χ4v) is 9.09. The Hall–Kier alpha value is -5.90. The van der Waals surface area contributed by atoms with E-state index in [2.05, 4.69) is 130 Å². The van der Waals surface area contributed by atoms with Crippen LogP contribution in [0.4, 0.5) is 0 Å². The fourth-order valence-electron chi connectivity index (χ4n) is 9.09. The maximum atomic E-state index is 6.71. The zero-order chi connectivity index (χ0) is 53.4. The molecule has 10 nitrogen and oxygen atoms in total. The van der Waals surface area contributed by atoms with Crippen LogP contribution in [0.15, 0.2) is 60.7 Å². The molecular weight excluding hydrogens is 941 g/mol. The van der Waals surface area contributed by atoms with Crippen LogP contribution >= 0.6 is 0 Å². The zero-order valence-electron chi connectivity index (χ0n) is 47.5. The lowest BCUT2D eigenvalue weighted by Gasteiger charge is -2.22. The van der Waals surface area contributed by atoms with Crippen molar-refractivity contribution < 1.29 is 47.4 Å². The van der Waals surface area contributed by atoms with Gasteiger partial charge >= 0.3 is 0 Å². The minimum absolute atomic E-state index is 0.542. The highest BCUT2D eigenvalue weighted by molar-refractivity contribution is 5.59. The van der Waals surface area contributed by atoms with E-state index in [-0.39, 0.29) is 0 Å². The SMILES string of the molecule is CCCOc1cc2c(OCCC)cc1Cc1cc(OCCC)c(cc1OCCC)Cc1cc(OCCC)c(cc1OCCC)Cc1cc(OCCC)c(cc1OCCC)Cc1cc(OCCC)c(cc1OCCC)C2. The van der Waals surface area contributed by atoms with Crippen LogP contribution in [0.3, 0.4) is 0 Å². The van der Waals surface area contributed by atoms with Crippen LogP contribution in [0.2, 0.25) is 0 Å². The second-order valence-electron chi connectivity index (χ2n) is 19.7. The number of rotatable bonds is 30. The standard InChI is InChI=1S/C65H90O10/c1-11-21-66-56-36-47-32-49-39-61(71-26-16-6)51(41-60(49)70-25-15-5)34-53-43-65(75-30-20-10)55(45-64(53)74-29-19-9)35-54-44-62(72-27-17-7)52(42-63(54)73-28-18-8)33-50-40-58(68-23-13-3)48(38-59(50)69-24-14-4)31-46(56)37-57(47)67-22-12-2/h36-45H,11-35H2,1-10H3. The summed E-state index contributed by atoms with van der Waals surface area (Å²) in [4.78, 5) is 0. The third-order valence-electron chi connectivity index (χ3n) is 12.7. The van der Waals surface area contributed by atoms with E-state index in [1.807, 2.05) is 0 Å². The van der Waals surface area contributed by atoms with Crippen LogP contribution in [0.1, 0.15) is 189 Å². The topological polar surface area (TPSA) is 92.3 Å². The third-order valence-corrected chi connectivity index (χ3v) is 12.7. The first-order valence-corrected chi connectivity index (χ1v) is 28.8. The third kappa shape index (κ3) is 16.5. The van der Waals surface area contributed by atoms with Gasteiger partial charge in [0.1, 0.15) is 57.5 Å². The van der Waals surface area contributed by atoms with Crippen molar-refractivity contribution in [2.75, 3.05) is 66.1 Å². The van der Waals surface area contributed by atoms with Crippen molar-refractivity contribution in [2.24, 2.45) is 0 Å². The molecule has 0 heterocycles. The lowest BCUT2D eigenvalue weighted by atomic mass is 9.94. The van der Waals surface area contributed by atoms with Gasteiger partial charge in [0.25, 0.3) is 0 Å². The Kier molecular flexibility index (Phi) is 24.3. The minimum atomic E-state index is 0.542. The van der Waals surface area contributed by atoms with E-state index in [9.17, 15) is 0 Å². The van der Waals surface area contributed by atoms with E-state index < -0.39 is 0 Å². The molecule has 0 atom stereocenters. The first-order chi connectivity index (χ1) is 36.7. The van der Waals surface area contributed by atoms with Crippen LogP contribution in [0, 0.1) is 0 Å². The van der Waals surface area contributed by atoms with Crippen LogP contribution in [0.25, 0.3) is 0 Å². The zero-order valence-corrected chi connectivity index (χ0v) is 47.5. The molecule has 0 fully saturated rings. The highest BCUT2D eigenvalue weighted by Gasteiger charge is 2.25. The summed E-state index contributed by atoms with van der Waals surface area (Å²) in [5, 5.41) is 0. The predicted octanol–water partition coefficient (Wildman–Crippen LogP) is 15.8. The van der Waals surface area contributed by atoms with Gasteiger partial charge in [-0.25, -0.2) is 0 Å². The molecule has 10 aliphatic carbocycles. The Morgan fingerprint density at radius 2 is 0.280 bits per heavy atom. The van der Waals surface area contributed by atoms with Gasteiger partial charge in [0.05, 0.1) is 66.1 Å². The van der Waals surface area contributed by atoms with Gasteiger partial charge in [-0.2, -0.15) is 0 Å². The van der Waals surface area contributed by atoms with Crippen LogP contribution in [-0.2, 0) is 32.1 Å². The number of hydrogen-bond donors (Lipinski definition) is 0. The van der Waals surface area contributed by atoms with Crippen LogP contribution < -0.4 is 47.4 Å². The quantitative estimate of drug-likeness (QED) is 0.0434. The number of ether oxygens (including phenoxy) is 10. The first kappa shape index (κ1) is 58.4. The molecule has 10 heteroatoms. The van der Waals surface area contributed by atoms with Crippen molar-refractivity contribution in [1.82, 2.24) is 0 Å². The van der Waals surface area contributed by atoms with Crippen LogP contribution in [0.5, 0.6) is 57.5 Å². The second kappa shape index (κ2) is 31.2. The summed E-state index contributed by atoms with van der Waals surface area (Å²) in [5.74, 6) is 8.19. The lowest BCUT2D eigenvalue weighted by Crippen LogP contribution is -2.09. The van der Waals surface area contributed by atoms with Gasteiger partial charge in [0.2, 0.25) is 0 Å². The van der Waals surface area contributed by atoms with E-state index in [0.29, 0.717) is 98.2 Å². The van der Waals surface area contributed by atoms with E-state index in [1.165, 1.54) is 0 Å². The largest absolute Gasteiger partial charge is 0.493 e. The summed E-state index contributed by atoms with van der Waals surface area (Å²) in [6.45, 7) is 27.1. The van der Waals surface area contributed by atoms with E-state index in [0.717, 1.165) is 177 Å². The molecule has 0 radical (unpaired) electrons. The van der Waals surface area contributed by atoms with Crippen molar-refractivity contribution in [1.29, 1.82) is 0 Å². The monoisotopic (exact) mass is 1030 g/mol. The van der Waals surface area contributed by atoms with Gasteiger partial charge in [-0.1, -0.05) is 69.2 Å². The van der Waals surface area contributed by atoms with Gasteiger partial charge in [0, 0.05) is 87.7 Å². The Labute approximate surface area is 451 Å². The molecule has 10 bridgehead atoms. The van der Waals surface area contributed by atoms with Gasteiger partial charge in [-0.3, -0.25) is 0 Å². The van der Waals surface area contributed by atoms with Crippen molar-refractivity contribution in [2.45, 2.75) is 166 Å². The molecule has 0 spiro atoms. The average molecular weight is 1030 g/mol. The van der Waals surface area contributed by atoms with Gasteiger partial charge in [-0.15, -0.1) is 0 Å². The van der Waals surface area contributed by atoms with Crippen molar-refractivity contribution in [3.8, 4) is 57.5 Å². The first-order valence-electron chi connectivity index (χ1n) is 28.8. The summed E-state index contributed by atoms with van der Waals surface area (Å²) >= 11 is 0. The van der Waals surface area contributed by atoms with E-state index >= 15 is 0 Å². The highest BCUT2D eigenvalue weighted by Crippen LogP contribution is 2.43. The summed E-state index contributed by atoms with van der Waals surface area (Å²) in [5.41, 5.74) is 10.2. The Morgan fingerprint density at radius 1 is 0.187 bits per heavy atom. The van der Waals surface area contributed by atoms with Crippen LogP contribution in [-0.4, -0.2) is 66.1 Å². The smallest absolute Gasteiger partial charge is 0.123 e. The number of benzene rings is 5. The van der Waals surface area contributed by atoms with E-state index in [4.69, 9.17) is 47.4 Å². The minimum Gasteiger partial charge on any atom is -0.493 e. The average Bonchev–Trinajstić information content (AvgIpc) is 3.42. The van der Waals surface area contributed by atoms with Gasteiger partial charge in [-0.05, 0) is 125 Å². The van der Waals surface area contributed by atoms with Gasteiger partial charge in [0.15, 0.2) is 0 Å². The summed E-state index contributed by atoms with van der Waals surface area (Å²) < 4.78 is 67.1. The molecule has 0 aliphatic heterocycles. The van der Waals surface area contributed by atoms with E-state index in [1.54, 1.807) is 0 Å². The molecule has 0 aromatic heterocycles. The van der Waals surface area contributed by atoms with Gasteiger partial charge < -0.3 is 47.4 Å². The molecule has 0 saturated carbocycles. The van der Waals surface area contributed by atoms with Crippen molar-refractivity contribution in [3.05, 3.63) is 116 Å². The summed E-state index contributed by atoms with van der Waals surface area (Å²) in [7, 11) is 0.